The Morgan fingerprint density at radius 3 is 2.85 bits per heavy atom. The Morgan fingerprint density at radius 2 is 2.20 bits per heavy atom. The van der Waals surface area contributed by atoms with Crippen LogP contribution in [0.4, 0.5) is 11.4 Å². The summed E-state index contributed by atoms with van der Waals surface area (Å²) < 4.78 is 0.879. The van der Waals surface area contributed by atoms with E-state index >= 15 is 0 Å². The van der Waals surface area contributed by atoms with Gasteiger partial charge in [0.15, 0.2) is 0 Å². The maximum atomic E-state index is 11.3. The Hall–Kier alpha value is -1.14. The van der Waals surface area contributed by atoms with E-state index in [1.165, 1.54) is 0 Å². The molecule has 0 aliphatic carbocycles. The zero-order chi connectivity index (χ0) is 14.5. The Morgan fingerprint density at radius 1 is 1.45 bits per heavy atom. The number of nitro groups is 1. The highest BCUT2D eigenvalue weighted by Crippen LogP contribution is 2.46. The van der Waals surface area contributed by atoms with Gasteiger partial charge in [0.1, 0.15) is 5.69 Å². The van der Waals surface area contributed by atoms with Gasteiger partial charge in [-0.15, -0.1) is 0 Å². The van der Waals surface area contributed by atoms with E-state index in [2.05, 4.69) is 40.0 Å². The van der Waals surface area contributed by atoms with Crippen LogP contribution in [0, 0.1) is 22.0 Å². The Balaban J connectivity index is 2.05. The van der Waals surface area contributed by atoms with Crippen LogP contribution in [0.5, 0.6) is 0 Å². The predicted octanol–water partition coefficient (Wildman–Crippen LogP) is 2.79. The number of nitrogens with one attached hydrogen (secondary N) is 1. The predicted molar refractivity (Wildman–Crippen MR) is 82.1 cm³/mol. The molecule has 1 N–H and O–H groups in total. The van der Waals surface area contributed by atoms with Crippen molar-refractivity contribution in [1.29, 1.82) is 0 Å². The van der Waals surface area contributed by atoms with Crippen LogP contribution in [0.15, 0.2) is 22.7 Å². The molecule has 2 heterocycles. The van der Waals surface area contributed by atoms with E-state index in [0.29, 0.717) is 11.8 Å². The first-order valence-electron chi connectivity index (χ1n) is 6.83. The van der Waals surface area contributed by atoms with Crippen molar-refractivity contribution in [3.8, 4) is 0 Å². The third-order valence-electron chi connectivity index (χ3n) is 4.78. The lowest BCUT2D eigenvalue weighted by atomic mass is 9.84. The maximum absolute atomic E-state index is 11.3. The van der Waals surface area contributed by atoms with Gasteiger partial charge in [-0.05, 0) is 37.8 Å². The minimum absolute atomic E-state index is 0.0697. The lowest BCUT2D eigenvalue weighted by molar-refractivity contribution is -0.384. The Bertz CT molecular complexity index is 561. The maximum Gasteiger partial charge on any atom is 0.292 e. The summed E-state index contributed by atoms with van der Waals surface area (Å²) in [6, 6.07) is 5.18. The Labute approximate surface area is 126 Å². The van der Waals surface area contributed by atoms with Gasteiger partial charge in [0.2, 0.25) is 0 Å². The molecule has 5 nitrogen and oxygen atoms in total. The van der Waals surface area contributed by atoms with E-state index in [1.54, 1.807) is 12.1 Å². The molecular weight excluding hydrogens is 322 g/mol. The van der Waals surface area contributed by atoms with Crippen LogP contribution in [0.25, 0.3) is 0 Å². The molecule has 2 fully saturated rings. The second-order valence-corrected chi connectivity index (χ2v) is 7.09. The molecule has 2 unspecified atom stereocenters. The van der Waals surface area contributed by atoms with Crippen LogP contribution in [-0.2, 0) is 0 Å². The summed E-state index contributed by atoms with van der Waals surface area (Å²) in [4.78, 5) is 13.2. The molecular formula is C14H18BrN3O2. The van der Waals surface area contributed by atoms with Crippen LogP contribution in [-0.4, -0.2) is 30.1 Å². The molecule has 1 aromatic rings. The number of anilines is 1. The van der Waals surface area contributed by atoms with Crippen molar-refractivity contribution in [2.24, 2.45) is 11.8 Å². The van der Waals surface area contributed by atoms with Crippen molar-refractivity contribution in [2.45, 2.75) is 19.4 Å². The molecule has 108 valence electrons. The molecule has 0 amide bonds. The first kappa shape index (κ1) is 13.8. The Kier molecular flexibility index (Phi) is 3.25. The summed E-state index contributed by atoms with van der Waals surface area (Å²) in [5.41, 5.74) is 0.845. The third kappa shape index (κ3) is 2.02. The van der Waals surface area contributed by atoms with Crippen LogP contribution in [0.2, 0.25) is 0 Å². The second-order valence-electron chi connectivity index (χ2n) is 6.18. The molecule has 6 heteroatoms. The van der Waals surface area contributed by atoms with Gasteiger partial charge in [0.25, 0.3) is 5.69 Å². The number of nitrogens with zero attached hydrogens (tertiary/aromatic N) is 2. The van der Waals surface area contributed by atoms with Gasteiger partial charge < -0.3 is 10.2 Å². The van der Waals surface area contributed by atoms with Crippen molar-refractivity contribution in [3.63, 3.8) is 0 Å². The summed E-state index contributed by atoms with van der Waals surface area (Å²) in [6.45, 7) is 7.26. The largest absolute Gasteiger partial charge is 0.360 e. The van der Waals surface area contributed by atoms with Crippen molar-refractivity contribution in [2.75, 3.05) is 24.5 Å². The highest BCUT2D eigenvalue weighted by molar-refractivity contribution is 9.10. The van der Waals surface area contributed by atoms with Gasteiger partial charge in [-0.3, -0.25) is 10.1 Å². The zero-order valence-electron chi connectivity index (χ0n) is 11.6. The first-order valence-corrected chi connectivity index (χ1v) is 7.63. The van der Waals surface area contributed by atoms with Crippen LogP contribution >= 0.6 is 15.9 Å². The molecule has 2 aliphatic heterocycles. The van der Waals surface area contributed by atoms with Crippen LogP contribution < -0.4 is 10.2 Å². The molecule has 3 rings (SSSR count). The molecule has 1 aromatic carbocycles. The number of hydrogen-bond acceptors (Lipinski definition) is 4. The lowest BCUT2D eigenvalue weighted by Gasteiger charge is -2.37. The summed E-state index contributed by atoms with van der Waals surface area (Å²) in [7, 11) is 0. The van der Waals surface area contributed by atoms with Gasteiger partial charge in [-0.2, -0.15) is 0 Å². The fraction of sp³-hybridized carbons (Fsp3) is 0.571. The van der Waals surface area contributed by atoms with E-state index < -0.39 is 0 Å². The molecule has 20 heavy (non-hydrogen) atoms. The standard InChI is InChI=1S/C14H18BrN3O2/c1-14(2)11-7-16-6-9(11)8-17(14)13-5-10(15)3-4-12(13)18(19)20/h3-5,9,11,16H,6-8H2,1-2H3. The van der Waals surface area contributed by atoms with Crippen molar-refractivity contribution in [1.82, 2.24) is 5.32 Å². The monoisotopic (exact) mass is 339 g/mol. The molecule has 2 saturated heterocycles. The fourth-order valence-corrected chi connectivity index (χ4v) is 4.05. The average Bonchev–Trinajstić information content (AvgIpc) is 2.91. The summed E-state index contributed by atoms with van der Waals surface area (Å²) in [5.74, 6) is 1.12. The number of benzene rings is 1. The van der Waals surface area contributed by atoms with E-state index in [-0.39, 0.29) is 16.1 Å². The van der Waals surface area contributed by atoms with E-state index in [0.717, 1.165) is 29.8 Å². The lowest BCUT2D eigenvalue weighted by Crippen LogP contribution is -2.44. The minimum atomic E-state index is -0.287. The van der Waals surface area contributed by atoms with Gasteiger partial charge in [0.05, 0.1) is 4.92 Å². The topological polar surface area (TPSA) is 58.4 Å². The first-order chi connectivity index (χ1) is 9.41. The van der Waals surface area contributed by atoms with Gasteiger partial charge in [-0.1, -0.05) is 15.9 Å². The summed E-state index contributed by atoms with van der Waals surface area (Å²) >= 11 is 3.43. The number of rotatable bonds is 2. The molecule has 0 saturated carbocycles. The number of halogens is 1. The zero-order valence-corrected chi connectivity index (χ0v) is 13.2. The minimum Gasteiger partial charge on any atom is -0.360 e. The van der Waals surface area contributed by atoms with Gasteiger partial charge in [0, 0.05) is 35.7 Å². The van der Waals surface area contributed by atoms with E-state index in [4.69, 9.17) is 0 Å². The number of nitro benzene ring substituents is 1. The quantitative estimate of drug-likeness (QED) is 0.664. The normalized spacial score (nSPS) is 27.6. The van der Waals surface area contributed by atoms with Crippen molar-refractivity contribution >= 4 is 27.3 Å². The second kappa shape index (κ2) is 4.70. The molecule has 0 spiro atoms. The highest BCUT2D eigenvalue weighted by atomic mass is 79.9. The summed E-state index contributed by atoms with van der Waals surface area (Å²) in [5, 5.41) is 14.7. The SMILES string of the molecule is CC1(C)C2CNCC2CN1c1cc(Br)ccc1[N+](=O)[O-]. The highest BCUT2D eigenvalue weighted by Gasteiger charge is 2.50. The smallest absolute Gasteiger partial charge is 0.292 e. The third-order valence-corrected chi connectivity index (χ3v) is 5.28. The number of fused-ring (bicyclic) bond motifs is 1. The van der Waals surface area contributed by atoms with Crippen LogP contribution in [0.1, 0.15) is 13.8 Å². The molecule has 0 radical (unpaired) electrons. The van der Waals surface area contributed by atoms with Crippen molar-refractivity contribution < 1.29 is 4.92 Å². The number of hydrogen-bond donors (Lipinski definition) is 1. The van der Waals surface area contributed by atoms with E-state index in [1.807, 2.05) is 6.07 Å². The van der Waals surface area contributed by atoms with Crippen LogP contribution in [0.3, 0.4) is 0 Å². The molecule has 0 aromatic heterocycles. The summed E-state index contributed by atoms with van der Waals surface area (Å²) in [6.07, 6.45) is 0. The molecule has 2 atom stereocenters. The van der Waals surface area contributed by atoms with Gasteiger partial charge >= 0.3 is 0 Å². The van der Waals surface area contributed by atoms with Gasteiger partial charge in [-0.25, -0.2) is 0 Å². The fourth-order valence-electron chi connectivity index (χ4n) is 3.70. The average molecular weight is 340 g/mol. The molecule has 0 bridgehead atoms. The van der Waals surface area contributed by atoms with E-state index in [9.17, 15) is 10.1 Å². The molecule has 2 aliphatic rings. The van der Waals surface area contributed by atoms with Crippen molar-refractivity contribution in [3.05, 3.63) is 32.8 Å².